The van der Waals surface area contributed by atoms with Crippen molar-refractivity contribution in [3.63, 3.8) is 0 Å². The molecule has 0 amide bonds. The van der Waals surface area contributed by atoms with Gasteiger partial charge in [0.05, 0.1) is 5.56 Å². The lowest BCUT2D eigenvalue weighted by Gasteiger charge is -1.96. The Morgan fingerprint density at radius 1 is 1.75 bits per heavy atom. The van der Waals surface area contributed by atoms with E-state index in [0.717, 1.165) is 0 Å². The minimum Gasteiger partial charge on any atom is -0.478 e. The van der Waals surface area contributed by atoms with Crippen LogP contribution in [0.5, 0.6) is 0 Å². The Balaban J connectivity index is 3.21. The van der Waals surface area contributed by atoms with Gasteiger partial charge >= 0.3 is 5.97 Å². The van der Waals surface area contributed by atoms with Gasteiger partial charge in [0, 0.05) is 6.20 Å². The lowest BCUT2D eigenvalue weighted by atomic mass is 10.1. The van der Waals surface area contributed by atoms with Crippen LogP contribution < -0.4 is 0 Å². The summed E-state index contributed by atoms with van der Waals surface area (Å²) in [7, 11) is 0. The highest BCUT2D eigenvalue weighted by atomic mass is 16.4. The van der Waals surface area contributed by atoms with E-state index in [0.29, 0.717) is 5.56 Å². The molecular formula is C8H6N2O2. The van der Waals surface area contributed by atoms with Crippen molar-refractivity contribution >= 4 is 5.97 Å². The number of hydrogen-bond donors (Lipinski definition) is 1. The van der Waals surface area contributed by atoms with Crippen LogP contribution in [-0.4, -0.2) is 16.1 Å². The molecule has 0 aliphatic heterocycles. The molecule has 0 aliphatic rings. The number of aromatic nitrogens is 1. The van der Waals surface area contributed by atoms with Crippen LogP contribution in [0.3, 0.4) is 0 Å². The first-order valence-corrected chi connectivity index (χ1v) is 3.25. The number of aromatic carboxylic acids is 1. The van der Waals surface area contributed by atoms with Crippen LogP contribution in [0.25, 0.3) is 0 Å². The largest absolute Gasteiger partial charge is 0.478 e. The van der Waals surface area contributed by atoms with Crippen molar-refractivity contribution in [2.45, 2.75) is 6.92 Å². The number of nitriles is 1. The van der Waals surface area contributed by atoms with E-state index in [9.17, 15) is 4.79 Å². The van der Waals surface area contributed by atoms with Gasteiger partial charge in [-0.25, -0.2) is 9.78 Å². The van der Waals surface area contributed by atoms with Crippen LogP contribution in [0.4, 0.5) is 0 Å². The average molecular weight is 162 g/mol. The third-order valence-electron chi connectivity index (χ3n) is 1.43. The van der Waals surface area contributed by atoms with Gasteiger partial charge in [-0.1, -0.05) is 0 Å². The molecule has 4 heteroatoms. The Morgan fingerprint density at radius 2 is 2.42 bits per heavy atom. The molecular weight excluding hydrogens is 156 g/mol. The number of carbonyl (C=O) groups is 1. The van der Waals surface area contributed by atoms with Gasteiger partial charge in [0.25, 0.3) is 0 Å². The standard InChI is InChI=1S/C8H6N2O2/c1-5-2-6(8(11)12)4-10-7(5)3-9/h2,4H,1H3,(H,11,12). The maximum Gasteiger partial charge on any atom is 0.337 e. The Bertz CT molecular complexity index is 366. The van der Waals surface area contributed by atoms with Crippen LogP contribution >= 0.6 is 0 Å². The van der Waals surface area contributed by atoms with Crippen LogP contribution in [0.15, 0.2) is 12.3 Å². The monoisotopic (exact) mass is 162 g/mol. The molecule has 0 bridgehead atoms. The van der Waals surface area contributed by atoms with Crippen LogP contribution in [0.1, 0.15) is 21.6 Å². The first-order valence-electron chi connectivity index (χ1n) is 3.25. The summed E-state index contributed by atoms with van der Waals surface area (Å²) < 4.78 is 0. The summed E-state index contributed by atoms with van der Waals surface area (Å²) in [6, 6.07) is 3.28. The molecule has 0 aromatic carbocycles. The highest BCUT2D eigenvalue weighted by Gasteiger charge is 2.05. The number of pyridine rings is 1. The number of carboxylic acid groups (broad SMARTS) is 1. The first kappa shape index (κ1) is 8.21. The molecule has 1 rings (SSSR count). The maximum absolute atomic E-state index is 10.4. The van der Waals surface area contributed by atoms with Gasteiger partial charge in [0.1, 0.15) is 11.8 Å². The predicted octanol–water partition coefficient (Wildman–Crippen LogP) is 0.960. The zero-order chi connectivity index (χ0) is 9.14. The molecule has 1 aromatic heterocycles. The molecule has 1 N–H and O–H groups in total. The summed E-state index contributed by atoms with van der Waals surface area (Å²) in [4.78, 5) is 14.1. The van der Waals surface area contributed by atoms with Gasteiger partial charge in [-0.2, -0.15) is 5.26 Å². The third-order valence-corrected chi connectivity index (χ3v) is 1.43. The fraction of sp³-hybridized carbons (Fsp3) is 0.125. The molecule has 0 radical (unpaired) electrons. The zero-order valence-corrected chi connectivity index (χ0v) is 6.40. The lowest BCUT2D eigenvalue weighted by molar-refractivity contribution is 0.0696. The number of hydrogen-bond acceptors (Lipinski definition) is 3. The minimum atomic E-state index is -1.03. The summed E-state index contributed by atoms with van der Waals surface area (Å²) in [5, 5.41) is 17.0. The summed E-state index contributed by atoms with van der Waals surface area (Å²) in [5.41, 5.74) is 0.948. The molecule has 0 atom stereocenters. The zero-order valence-electron chi connectivity index (χ0n) is 6.40. The van der Waals surface area contributed by atoms with Gasteiger partial charge in [0.15, 0.2) is 0 Å². The third kappa shape index (κ3) is 1.40. The van der Waals surface area contributed by atoms with Gasteiger partial charge < -0.3 is 5.11 Å². The van der Waals surface area contributed by atoms with Crippen molar-refractivity contribution in [2.24, 2.45) is 0 Å². The Hall–Kier alpha value is -1.89. The molecule has 0 aliphatic carbocycles. The van der Waals surface area contributed by atoms with Crippen molar-refractivity contribution in [3.8, 4) is 6.07 Å². The predicted molar refractivity (Wildman–Crippen MR) is 40.6 cm³/mol. The number of rotatable bonds is 1. The summed E-state index contributed by atoms with van der Waals surface area (Å²) in [6.07, 6.45) is 1.17. The van der Waals surface area contributed by atoms with E-state index >= 15 is 0 Å². The number of nitrogens with zero attached hydrogens (tertiary/aromatic N) is 2. The smallest absolute Gasteiger partial charge is 0.337 e. The van der Waals surface area contributed by atoms with E-state index in [1.807, 2.05) is 6.07 Å². The lowest BCUT2D eigenvalue weighted by Crippen LogP contribution is -1.99. The van der Waals surface area contributed by atoms with Crippen molar-refractivity contribution in [2.75, 3.05) is 0 Å². The molecule has 0 saturated heterocycles. The second-order valence-electron chi connectivity index (χ2n) is 2.31. The SMILES string of the molecule is Cc1cc(C(=O)O)cnc1C#N. The van der Waals surface area contributed by atoms with E-state index in [1.165, 1.54) is 12.3 Å². The number of carboxylic acids is 1. The van der Waals surface area contributed by atoms with E-state index in [4.69, 9.17) is 10.4 Å². The van der Waals surface area contributed by atoms with Crippen molar-refractivity contribution in [1.82, 2.24) is 4.98 Å². The van der Waals surface area contributed by atoms with Crippen molar-refractivity contribution < 1.29 is 9.90 Å². The molecule has 12 heavy (non-hydrogen) atoms. The van der Waals surface area contributed by atoms with Crippen LogP contribution in [0, 0.1) is 18.3 Å². The quantitative estimate of drug-likeness (QED) is 0.667. The van der Waals surface area contributed by atoms with Gasteiger partial charge in [-0.05, 0) is 18.6 Å². The minimum absolute atomic E-state index is 0.103. The Morgan fingerprint density at radius 3 is 2.83 bits per heavy atom. The van der Waals surface area contributed by atoms with Crippen LogP contribution in [0.2, 0.25) is 0 Å². The molecule has 0 saturated carbocycles. The van der Waals surface area contributed by atoms with Crippen molar-refractivity contribution in [1.29, 1.82) is 5.26 Å². The van der Waals surface area contributed by atoms with E-state index < -0.39 is 5.97 Å². The Kier molecular flexibility index (Phi) is 2.06. The maximum atomic E-state index is 10.4. The molecule has 0 unspecified atom stereocenters. The highest BCUT2D eigenvalue weighted by molar-refractivity contribution is 5.87. The second kappa shape index (κ2) is 3.01. The van der Waals surface area contributed by atoms with Crippen molar-refractivity contribution in [3.05, 3.63) is 29.1 Å². The second-order valence-corrected chi connectivity index (χ2v) is 2.31. The summed E-state index contributed by atoms with van der Waals surface area (Å²) in [6.45, 7) is 1.65. The van der Waals surface area contributed by atoms with Gasteiger partial charge in [-0.15, -0.1) is 0 Å². The van der Waals surface area contributed by atoms with Gasteiger partial charge in [-0.3, -0.25) is 0 Å². The average Bonchev–Trinajstić information content (AvgIpc) is 2.04. The molecule has 4 nitrogen and oxygen atoms in total. The Labute approximate surface area is 69.1 Å². The first-order chi connectivity index (χ1) is 5.65. The van der Waals surface area contributed by atoms with E-state index in [1.54, 1.807) is 6.92 Å². The summed E-state index contributed by atoms with van der Waals surface area (Å²) in [5.74, 6) is -1.03. The number of aryl methyl sites for hydroxylation is 1. The van der Waals surface area contributed by atoms with E-state index in [2.05, 4.69) is 4.98 Å². The normalized spacial score (nSPS) is 9.00. The fourth-order valence-electron chi connectivity index (χ4n) is 0.809. The molecule has 0 spiro atoms. The fourth-order valence-corrected chi connectivity index (χ4v) is 0.809. The molecule has 0 fully saturated rings. The van der Waals surface area contributed by atoms with E-state index in [-0.39, 0.29) is 11.3 Å². The molecule has 60 valence electrons. The highest BCUT2D eigenvalue weighted by Crippen LogP contribution is 2.05. The van der Waals surface area contributed by atoms with Gasteiger partial charge in [0.2, 0.25) is 0 Å². The molecule has 1 heterocycles. The topological polar surface area (TPSA) is 74.0 Å². The summed E-state index contributed by atoms with van der Waals surface area (Å²) >= 11 is 0. The van der Waals surface area contributed by atoms with Crippen LogP contribution in [-0.2, 0) is 0 Å². The molecule has 1 aromatic rings.